The van der Waals surface area contributed by atoms with Crippen LogP contribution in [0.3, 0.4) is 0 Å². The number of imide groups is 1. The van der Waals surface area contributed by atoms with Crippen molar-refractivity contribution in [1.29, 1.82) is 0 Å². The molecule has 226 valence electrons. The Morgan fingerprint density at radius 1 is 0.932 bits per heavy atom. The maximum atomic E-state index is 14.0. The Hall–Kier alpha value is -3.93. The van der Waals surface area contributed by atoms with Crippen molar-refractivity contribution < 1.29 is 18.8 Å². The molecule has 3 heterocycles. The van der Waals surface area contributed by atoms with Crippen LogP contribution >= 0.6 is 34.7 Å². The zero-order valence-electron chi connectivity index (χ0n) is 23.8. The van der Waals surface area contributed by atoms with Gasteiger partial charge in [0.2, 0.25) is 17.7 Å². The normalized spacial score (nSPS) is 19.1. The Kier molecular flexibility index (Phi) is 8.36. The van der Waals surface area contributed by atoms with Crippen molar-refractivity contribution in [2.45, 2.75) is 36.6 Å². The number of hydrogen-bond donors (Lipinski definition) is 1. The fourth-order valence-electron chi connectivity index (χ4n) is 5.82. The number of carbonyl (C=O) groups excluding carboxylic acids is 3. The molecule has 0 saturated carbocycles. The summed E-state index contributed by atoms with van der Waals surface area (Å²) < 4.78 is 15.1. The molecule has 0 spiro atoms. The van der Waals surface area contributed by atoms with Crippen LogP contribution in [-0.4, -0.2) is 40.6 Å². The third-order valence-electron chi connectivity index (χ3n) is 7.94. The zero-order valence-corrected chi connectivity index (χ0v) is 26.2. The first kappa shape index (κ1) is 30.1. The molecule has 1 N–H and O–H groups in total. The molecule has 0 unspecified atom stereocenters. The van der Waals surface area contributed by atoms with E-state index in [0.29, 0.717) is 20.6 Å². The quantitative estimate of drug-likeness (QED) is 0.236. The average molecular weight is 651 g/mol. The molecule has 2 aliphatic heterocycles. The number of aromatic nitrogens is 1. The minimum absolute atomic E-state index is 0.269. The molecule has 4 aromatic rings. The lowest BCUT2D eigenvalue weighted by molar-refractivity contribution is -0.122. The second kappa shape index (κ2) is 12.2. The van der Waals surface area contributed by atoms with E-state index >= 15 is 0 Å². The van der Waals surface area contributed by atoms with E-state index in [9.17, 15) is 23.6 Å². The fraction of sp³-hybridized carbons (Fsp3) is 0.250. The van der Waals surface area contributed by atoms with Crippen LogP contribution in [0.4, 0.5) is 21.5 Å². The Morgan fingerprint density at radius 3 is 2.23 bits per heavy atom. The lowest BCUT2D eigenvalue weighted by Crippen LogP contribution is -2.33. The van der Waals surface area contributed by atoms with Crippen LogP contribution in [0, 0.1) is 11.7 Å². The number of halogens is 2. The summed E-state index contributed by atoms with van der Waals surface area (Å²) in [6.07, 6.45) is 0. The van der Waals surface area contributed by atoms with Crippen LogP contribution in [-0.2, 0) is 20.9 Å². The summed E-state index contributed by atoms with van der Waals surface area (Å²) in [7, 11) is 0. The summed E-state index contributed by atoms with van der Waals surface area (Å²) in [5.41, 5.74) is 2.63. The van der Waals surface area contributed by atoms with Gasteiger partial charge in [0, 0.05) is 40.3 Å². The van der Waals surface area contributed by atoms with Crippen molar-refractivity contribution in [1.82, 2.24) is 4.57 Å². The predicted octanol–water partition coefficient (Wildman–Crippen LogP) is 5.98. The number of amides is 3. The Balaban J connectivity index is 1.41. The number of benzene rings is 3. The molecule has 12 heteroatoms. The summed E-state index contributed by atoms with van der Waals surface area (Å²) in [6, 6.07) is 19.7. The maximum absolute atomic E-state index is 14.0. The van der Waals surface area contributed by atoms with E-state index in [1.807, 2.05) is 24.3 Å². The predicted molar refractivity (Wildman–Crippen MR) is 173 cm³/mol. The topological polar surface area (TPSA) is 91.7 Å². The van der Waals surface area contributed by atoms with Crippen molar-refractivity contribution in [2.24, 2.45) is 5.92 Å². The number of hydrogen-bond acceptors (Lipinski definition) is 7. The molecule has 8 nitrogen and oxygen atoms in total. The van der Waals surface area contributed by atoms with Crippen LogP contribution in [0.15, 0.2) is 82.6 Å². The fourth-order valence-corrected chi connectivity index (χ4v) is 8.72. The number of carbonyl (C=O) groups is 3. The molecule has 0 aliphatic carbocycles. The van der Waals surface area contributed by atoms with Gasteiger partial charge in [-0.15, -0.1) is 0 Å². The first-order valence-corrected chi connectivity index (χ1v) is 16.2. The summed E-state index contributed by atoms with van der Waals surface area (Å²) >= 11 is 8.08. The molecule has 44 heavy (non-hydrogen) atoms. The Labute approximate surface area is 266 Å². The van der Waals surface area contributed by atoms with E-state index in [2.05, 4.69) is 24.1 Å². The molecule has 1 fully saturated rings. The van der Waals surface area contributed by atoms with Gasteiger partial charge in [-0.05, 0) is 80.1 Å². The molecule has 3 aromatic carbocycles. The van der Waals surface area contributed by atoms with Gasteiger partial charge in [-0.1, -0.05) is 46.8 Å². The molecule has 1 saturated heterocycles. The molecular formula is C32H28ClFN4O4S2. The minimum Gasteiger partial charge on any atom is -0.372 e. The van der Waals surface area contributed by atoms with Crippen molar-refractivity contribution in [2.75, 3.05) is 28.2 Å². The third-order valence-corrected chi connectivity index (χ3v) is 10.8. The smallest absolute Gasteiger partial charge is 0.308 e. The van der Waals surface area contributed by atoms with E-state index in [1.54, 1.807) is 24.3 Å². The van der Waals surface area contributed by atoms with Gasteiger partial charge in [0.25, 0.3) is 0 Å². The number of fused-ring (bicyclic) bond motifs is 2. The van der Waals surface area contributed by atoms with Gasteiger partial charge in [0.15, 0.2) is 0 Å². The third kappa shape index (κ3) is 5.44. The van der Waals surface area contributed by atoms with Gasteiger partial charge in [-0.3, -0.25) is 23.7 Å². The molecule has 3 atom stereocenters. The van der Waals surface area contributed by atoms with Crippen LogP contribution in [0.5, 0.6) is 0 Å². The molecule has 0 radical (unpaired) electrons. The largest absolute Gasteiger partial charge is 0.372 e. The van der Waals surface area contributed by atoms with E-state index in [-0.39, 0.29) is 17.1 Å². The lowest BCUT2D eigenvalue weighted by Gasteiger charge is -2.31. The summed E-state index contributed by atoms with van der Waals surface area (Å²) in [5.74, 6) is -3.13. The highest BCUT2D eigenvalue weighted by atomic mass is 35.5. The minimum atomic E-state index is -0.841. The molecule has 1 aromatic heterocycles. The van der Waals surface area contributed by atoms with Crippen molar-refractivity contribution in [3.63, 3.8) is 0 Å². The molecule has 0 bridgehead atoms. The Morgan fingerprint density at radius 2 is 1.59 bits per heavy atom. The van der Waals surface area contributed by atoms with E-state index in [4.69, 9.17) is 11.6 Å². The van der Waals surface area contributed by atoms with E-state index < -0.39 is 40.6 Å². The highest BCUT2D eigenvalue weighted by Gasteiger charge is 2.56. The van der Waals surface area contributed by atoms with Gasteiger partial charge in [-0.25, -0.2) is 9.29 Å². The monoisotopic (exact) mass is 650 g/mol. The van der Waals surface area contributed by atoms with Crippen molar-refractivity contribution in [3.05, 3.63) is 104 Å². The van der Waals surface area contributed by atoms with Crippen LogP contribution in [0.1, 0.15) is 30.2 Å². The van der Waals surface area contributed by atoms with Gasteiger partial charge in [0.05, 0.1) is 16.6 Å². The molecule has 2 aliphatic rings. The number of thioether (sulfide) groups is 1. The van der Waals surface area contributed by atoms with Crippen molar-refractivity contribution in [3.8, 4) is 0 Å². The first-order chi connectivity index (χ1) is 21.2. The number of nitrogens with zero attached hydrogens (tertiary/aromatic N) is 3. The van der Waals surface area contributed by atoms with Crippen LogP contribution in [0.2, 0.25) is 5.02 Å². The lowest BCUT2D eigenvalue weighted by atomic mass is 9.83. The average Bonchev–Trinajstić information content (AvgIpc) is 3.46. The summed E-state index contributed by atoms with van der Waals surface area (Å²) in [4.78, 5) is 57.9. The standard InChI is InChI=1S/C32H28ClFN4O4S2/c1-3-36(4-2)22-13-5-18(6-14-22)25-26-27(30(41)38(29(26)40)23-15-9-20(34)10-16-23)43-31-28(25)44-32(42)37(31)17-24(39)35-21-11-7-19(33)8-12-21/h5-16,25-27H,3-4,17H2,1-2H3,(H,35,39)/t25-,26-,27+/m0/s1. The van der Waals surface area contributed by atoms with Gasteiger partial charge in [-0.2, -0.15) is 0 Å². The van der Waals surface area contributed by atoms with Crippen LogP contribution < -0.4 is 20.0 Å². The number of rotatable bonds is 8. The van der Waals surface area contributed by atoms with Gasteiger partial charge in [0.1, 0.15) is 17.6 Å². The van der Waals surface area contributed by atoms with E-state index in [0.717, 1.165) is 52.3 Å². The zero-order chi connectivity index (χ0) is 31.1. The second-order valence-electron chi connectivity index (χ2n) is 10.5. The summed E-state index contributed by atoms with van der Waals surface area (Å²) in [6.45, 7) is 5.53. The van der Waals surface area contributed by atoms with Gasteiger partial charge >= 0.3 is 4.87 Å². The SMILES string of the molecule is CCN(CC)c1ccc([C@@H]2c3sc(=O)n(CC(=O)Nc4ccc(Cl)cc4)c3S[C@H]3C(=O)N(c4ccc(F)cc4)C(=O)[C@@H]23)cc1. The summed E-state index contributed by atoms with van der Waals surface area (Å²) in [5, 5.41) is 2.96. The van der Waals surface area contributed by atoms with Gasteiger partial charge < -0.3 is 10.2 Å². The number of anilines is 3. The number of nitrogens with one attached hydrogen (secondary N) is 1. The molecular weight excluding hydrogens is 623 g/mol. The number of thiazole rings is 1. The van der Waals surface area contributed by atoms with E-state index in [1.165, 1.54) is 28.8 Å². The Bertz CT molecular complexity index is 1790. The highest BCUT2D eigenvalue weighted by molar-refractivity contribution is 8.00. The van der Waals surface area contributed by atoms with Crippen LogP contribution in [0.25, 0.3) is 0 Å². The van der Waals surface area contributed by atoms with Crippen molar-refractivity contribution >= 4 is 69.5 Å². The highest BCUT2D eigenvalue weighted by Crippen LogP contribution is 2.54. The second-order valence-corrected chi connectivity index (χ2v) is 13.0. The first-order valence-electron chi connectivity index (χ1n) is 14.1. The maximum Gasteiger partial charge on any atom is 0.308 e. The molecule has 3 amide bonds. The molecule has 6 rings (SSSR count).